The van der Waals surface area contributed by atoms with Crippen LogP contribution in [0.25, 0.3) is 0 Å². The van der Waals surface area contributed by atoms with E-state index in [1.165, 1.54) is 6.07 Å². The Morgan fingerprint density at radius 3 is 2.95 bits per heavy atom. The van der Waals surface area contributed by atoms with Gasteiger partial charge in [-0.1, -0.05) is 6.92 Å². The van der Waals surface area contributed by atoms with Crippen molar-refractivity contribution in [3.63, 3.8) is 0 Å². The number of nitrogens with zero attached hydrogens (tertiary/aromatic N) is 1. The minimum absolute atomic E-state index is 0.0699. The number of aromatic amines is 1. The number of rotatable bonds is 4. The van der Waals surface area contributed by atoms with Crippen molar-refractivity contribution in [1.82, 2.24) is 10.2 Å². The fraction of sp³-hybridized carbons (Fsp3) is 0.182. The van der Waals surface area contributed by atoms with Crippen molar-refractivity contribution in [2.45, 2.75) is 13.3 Å². The number of H-pyrrole nitrogens is 1. The van der Waals surface area contributed by atoms with Crippen LogP contribution in [0.4, 0.5) is 15.6 Å². The normalized spacial score (nSPS) is 10.2. The molecule has 2 heterocycles. The second kappa shape index (κ2) is 5.53. The number of thiophene rings is 1. The molecule has 2 aromatic rings. The van der Waals surface area contributed by atoms with Crippen LogP contribution >= 0.6 is 11.3 Å². The van der Waals surface area contributed by atoms with Gasteiger partial charge in [0.25, 0.3) is 0 Å². The number of carbonyl (C=O) groups is 2. The molecule has 2 amide bonds. The van der Waals surface area contributed by atoms with Gasteiger partial charge in [0.05, 0.1) is 11.8 Å². The molecule has 0 aliphatic carbocycles. The molecule has 0 aliphatic rings. The van der Waals surface area contributed by atoms with Crippen molar-refractivity contribution in [2.24, 2.45) is 0 Å². The van der Waals surface area contributed by atoms with E-state index in [2.05, 4.69) is 20.8 Å². The number of carboxylic acids is 1. The number of nitrogens with one attached hydrogen (secondary N) is 3. The van der Waals surface area contributed by atoms with Crippen LogP contribution in [0.1, 0.15) is 22.8 Å². The summed E-state index contributed by atoms with van der Waals surface area (Å²) >= 11 is 1.15. The molecule has 0 bridgehead atoms. The zero-order chi connectivity index (χ0) is 13.8. The monoisotopic (exact) mass is 280 g/mol. The predicted octanol–water partition coefficient (Wildman–Crippen LogP) is 2.38. The van der Waals surface area contributed by atoms with E-state index < -0.39 is 12.0 Å². The Morgan fingerprint density at radius 2 is 2.26 bits per heavy atom. The van der Waals surface area contributed by atoms with Crippen molar-refractivity contribution in [3.8, 4) is 0 Å². The Morgan fingerprint density at radius 1 is 1.47 bits per heavy atom. The number of hydrogen-bond donors (Lipinski definition) is 4. The Labute approximate surface area is 112 Å². The number of amides is 2. The molecule has 19 heavy (non-hydrogen) atoms. The molecule has 0 fully saturated rings. The summed E-state index contributed by atoms with van der Waals surface area (Å²) in [4.78, 5) is 22.7. The summed E-state index contributed by atoms with van der Waals surface area (Å²) in [6.07, 6.45) is 2.36. The number of aromatic carboxylic acids is 1. The van der Waals surface area contributed by atoms with E-state index in [0.717, 1.165) is 23.3 Å². The lowest BCUT2D eigenvalue weighted by atomic mass is 10.2. The zero-order valence-corrected chi connectivity index (χ0v) is 10.9. The van der Waals surface area contributed by atoms with E-state index in [0.29, 0.717) is 10.8 Å². The first-order chi connectivity index (χ1) is 9.11. The summed E-state index contributed by atoms with van der Waals surface area (Å²) in [6, 6.07) is 0.930. The van der Waals surface area contributed by atoms with Crippen LogP contribution in [0, 0.1) is 0 Å². The summed E-state index contributed by atoms with van der Waals surface area (Å²) < 4.78 is 0. The van der Waals surface area contributed by atoms with Gasteiger partial charge in [0.1, 0.15) is 10.8 Å². The second-order valence-corrected chi connectivity index (χ2v) is 4.59. The van der Waals surface area contributed by atoms with Crippen LogP contribution in [0.15, 0.2) is 17.6 Å². The summed E-state index contributed by atoms with van der Waals surface area (Å²) in [6.45, 7) is 1.94. The van der Waals surface area contributed by atoms with Crippen LogP contribution < -0.4 is 10.6 Å². The highest BCUT2D eigenvalue weighted by atomic mass is 32.1. The number of aromatic nitrogens is 2. The number of carboxylic acid groups (broad SMARTS) is 1. The second-order valence-electron chi connectivity index (χ2n) is 3.67. The van der Waals surface area contributed by atoms with Gasteiger partial charge in [0, 0.05) is 5.56 Å². The topological polar surface area (TPSA) is 107 Å². The van der Waals surface area contributed by atoms with Crippen molar-refractivity contribution >= 4 is 34.2 Å². The number of hydrogen-bond acceptors (Lipinski definition) is 4. The van der Waals surface area contributed by atoms with E-state index in [-0.39, 0.29) is 5.56 Å². The molecule has 0 aliphatic heterocycles. The molecule has 0 radical (unpaired) electrons. The van der Waals surface area contributed by atoms with Crippen molar-refractivity contribution in [3.05, 3.63) is 28.8 Å². The predicted molar refractivity (Wildman–Crippen MR) is 71.9 cm³/mol. The van der Waals surface area contributed by atoms with Crippen molar-refractivity contribution in [2.75, 3.05) is 10.6 Å². The number of anilines is 2. The first-order valence-corrected chi connectivity index (χ1v) is 6.40. The number of urea groups is 1. The van der Waals surface area contributed by atoms with Crippen molar-refractivity contribution < 1.29 is 14.7 Å². The van der Waals surface area contributed by atoms with Crippen LogP contribution in [0.2, 0.25) is 0 Å². The maximum Gasteiger partial charge on any atom is 0.338 e. The molecule has 2 aromatic heterocycles. The van der Waals surface area contributed by atoms with Gasteiger partial charge >= 0.3 is 12.0 Å². The summed E-state index contributed by atoms with van der Waals surface area (Å²) in [5.41, 5.74) is 0.945. The Hall–Kier alpha value is -2.35. The van der Waals surface area contributed by atoms with Gasteiger partial charge in [-0.15, -0.1) is 11.3 Å². The molecule has 2 rings (SSSR count). The van der Waals surface area contributed by atoms with Crippen LogP contribution in [-0.4, -0.2) is 27.3 Å². The largest absolute Gasteiger partial charge is 0.478 e. The lowest BCUT2D eigenvalue weighted by molar-refractivity contribution is 0.0698. The molecule has 100 valence electrons. The fourth-order valence-corrected chi connectivity index (χ4v) is 2.28. The fourth-order valence-electron chi connectivity index (χ4n) is 1.51. The van der Waals surface area contributed by atoms with Gasteiger partial charge in [-0.2, -0.15) is 5.10 Å². The average molecular weight is 280 g/mol. The molecular formula is C11H12N4O3S. The summed E-state index contributed by atoms with van der Waals surface area (Å²) in [7, 11) is 0. The maximum atomic E-state index is 11.8. The molecule has 0 saturated heterocycles. The van der Waals surface area contributed by atoms with Gasteiger partial charge in [-0.3, -0.25) is 15.7 Å². The number of aryl methyl sites for hydroxylation is 1. The molecule has 0 spiro atoms. The minimum atomic E-state index is -1.08. The van der Waals surface area contributed by atoms with Crippen LogP contribution in [0.3, 0.4) is 0 Å². The third-order valence-corrected chi connectivity index (χ3v) is 3.29. The molecule has 8 heteroatoms. The van der Waals surface area contributed by atoms with E-state index in [1.54, 1.807) is 11.6 Å². The molecule has 0 unspecified atom stereocenters. The highest BCUT2D eigenvalue weighted by Crippen LogP contribution is 2.23. The molecule has 0 saturated carbocycles. The van der Waals surface area contributed by atoms with Crippen LogP contribution in [-0.2, 0) is 6.42 Å². The quantitative estimate of drug-likeness (QED) is 0.689. The van der Waals surface area contributed by atoms with E-state index in [9.17, 15) is 9.59 Å². The van der Waals surface area contributed by atoms with Gasteiger partial charge in [-0.25, -0.2) is 9.59 Å². The standard InChI is InChI=1S/C11H12N4O3S/c1-2-6-5-12-15-8(6)13-11(18)14-9-7(10(16)17)3-4-19-9/h3-5H,2H2,1H3,(H,16,17)(H3,12,13,14,15,18). The van der Waals surface area contributed by atoms with Gasteiger partial charge < -0.3 is 5.11 Å². The lowest BCUT2D eigenvalue weighted by Gasteiger charge is -2.06. The highest BCUT2D eigenvalue weighted by Gasteiger charge is 2.14. The average Bonchev–Trinajstić information content (AvgIpc) is 2.97. The van der Waals surface area contributed by atoms with Gasteiger partial charge in [0.2, 0.25) is 0 Å². The van der Waals surface area contributed by atoms with Gasteiger partial charge in [0.15, 0.2) is 0 Å². The third kappa shape index (κ3) is 2.91. The minimum Gasteiger partial charge on any atom is -0.478 e. The first kappa shape index (κ1) is 13.1. The SMILES string of the molecule is CCc1cn[nH]c1NC(=O)Nc1sccc1C(=O)O. The first-order valence-electron chi connectivity index (χ1n) is 5.52. The van der Waals surface area contributed by atoms with Gasteiger partial charge in [-0.05, 0) is 17.9 Å². The van der Waals surface area contributed by atoms with E-state index in [4.69, 9.17) is 5.11 Å². The Bertz CT molecular complexity index is 605. The summed E-state index contributed by atoms with van der Waals surface area (Å²) in [5.74, 6) is -0.569. The number of carbonyl (C=O) groups excluding carboxylic acids is 1. The molecule has 0 atom stereocenters. The lowest BCUT2D eigenvalue weighted by Crippen LogP contribution is -2.20. The zero-order valence-electron chi connectivity index (χ0n) is 10.1. The molecule has 4 N–H and O–H groups in total. The van der Waals surface area contributed by atoms with Crippen LogP contribution in [0.5, 0.6) is 0 Å². The Balaban J connectivity index is 2.05. The molecule has 0 aromatic carbocycles. The Kier molecular flexibility index (Phi) is 3.81. The maximum absolute atomic E-state index is 11.8. The smallest absolute Gasteiger partial charge is 0.338 e. The highest BCUT2D eigenvalue weighted by molar-refractivity contribution is 7.14. The molecule has 7 nitrogen and oxygen atoms in total. The van der Waals surface area contributed by atoms with E-state index >= 15 is 0 Å². The van der Waals surface area contributed by atoms with E-state index in [1.807, 2.05) is 6.92 Å². The van der Waals surface area contributed by atoms with Crippen molar-refractivity contribution in [1.29, 1.82) is 0 Å². The summed E-state index contributed by atoms with van der Waals surface area (Å²) in [5, 5.41) is 22.4. The third-order valence-electron chi connectivity index (χ3n) is 2.46. The molecular weight excluding hydrogens is 268 g/mol.